The average Bonchev–Trinajstić information content (AvgIpc) is 2.77. The first-order chi connectivity index (χ1) is 14.9. The van der Waals surface area contributed by atoms with Crippen molar-refractivity contribution in [2.24, 2.45) is 0 Å². The van der Waals surface area contributed by atoms with Crippen molar-refractivity contribution < 1.29 is 19.1 Å². The van der Waals surface area contributed by atoms with Crippen LogP contribution < -0.4 is 10.6 Å². The number of anilines is 1. The molecule has 3 aromatic rings. The molecular formula is C25H26N2O4. The van der Waals surface area contributed by atoms with Gasteiger partial charge < -0.3 is 15.4 Å². The summed E-state index contributed by atoms with van der Waals surface area (Å²) in [4.78, 5) is 36.3. The Labute approximate surface area is 181 Å². The Balaban J connectivity index is 1.45. The van der Waals surface area contributed by atoms with Crippen molar-refractivity contribution >= 4 is 34.2 Å². The van der Waals surface area contributed by atoms with Crippen LogP contribution in [0.5, 0.6) is 0 Å². The number of ether oxygens (including phenoxy) is 1. The van der Waals surface area contributed by atoms with E-state index in [0.717, 1.165) is 21.9 Å². The molecule has 3 rings (SSSR count). The predicted octanol–water partition coefficient (Wildman–Crippen LogP) is 3.80. The van der Waals surface area contributed by atoms with Crippen LogP contribution in [0.15, 0.2) is 66.7 Å². The molecule has 0 saturated heterocycles. The maximum Gasteiger partial charge on any atom is 0.325 e. The Hall–Kier alpha value is -3.67. The van der Waals surface area contributed by atoms with E-state index in [4.69, 9.17) is 4.74 Å². The van der Waals surface area contributed by atoms with Gasteiger partial charge >= 0.3 is 5.97 Å². The highest BCUT2D eigenvalue weighted by atomic mass is 16.5. The van der Waals surface area contributed by atoms with Gasteiger partial charge in [0, 0.05) is 5.69 Å². The van der Waals surface area contributed by atoms with Crippen LogP contribution in [-0.2, 0) is 25.5 Å². The number of benzene rings is 3. The number of para-hydroxylation sites is 1. The summed E-state index contributed by atoms with van der Waals surface area (Å²) in [7, 11) is 0. The number of amides is 2. The Bertz CT molecular complexity index is 1090. The van der Waals surface area contributed by atoms with Gasteiger partial charge in [0.05, 0.1) is 6.42 Å². The van der Waals surface area contributed by atoms with Gasteiger partial charge in [-0.25, -0.2) is 0 Å². The van der Waals surface area contributed by atoms with E-state index in [0.29, 0.717) is 5.69 Å². The smallest absolute Gasteiger partial charge is 0.325 e. The molecule has 2 N–H and O–H groups in total. The molecule has 31 heavy (non-hydrogen) atoms. The van der Waals surface area contributed by atoms with E-state index in [2.05, 4.69) is 10.6 Å². The molecule has 0 saturated carbocycles. The van der Waals surface area contributed by atoms with Gasteiger partial charge in [-0.05, 0) is 33.9 Å². The molecule has 6 nitrogen and oxygen atoms in total. The number of esters is 1. The van der Waals surface area contributed by atoms with Crippen molar-refractivity contribution in [1.29, 1.82) is 0 Å². The van der Waals surface area contributed by atoms with Gasteiger partial charge in [0.2, 0.25) is 5.91 Å². The summed E-state index contributed by atoms with van der Waals surface area (Å²) < 4.78 is 4.98. The number of nitrogens with one attached hydrogen (secondary N) is 2. The van der Waals surface area contributed by atoms with Crippen molar-refractivity contribution in [1.82, 2.24) is 5.32 Å². The molecule has 0 atom stereocenters. The fourth-order valence-electron chi connectivity index (χ4n) is 3.35. The second-order valence-electron chi connectivity index (χ2n) is 7.54. The van der Waals surface area contributed by atoms with E-state index in [1.54, 1.807) is 0 Å². The third kappa shape index (κ3) is 6.15. The van der Waals surface area contributed by atoms with Gasteiger partial charge in [0.1, 0.15) is 6.54 Å². The van der Waals surface area contributed by atoms with E-state index in [-0.39, 0.29) is 24.8 Å². The second kappa shape index (κ2) is 10.4. The van der Waals surface area contributed by atoms with Gasteiger partial charge in [-0.1, -0.05) is 74.5 Å². The fourth-order valence-corrected chi connectivity index (χ4v) is 3.35. The monoisotopic (exact) mass is 418 g/mol. The largest absolute Gasteiger partial charge is 0.454 e. The van der Waals surface area contributed by atoms with E-state index in [1.807, 2.05) is 80.6 Å². The molecule has 0 aliphatic rings. The average molecular weight is 418 g/mol. The van der Waals surface area contributed by atoms with Crippen LogP contribution in [0, 0.1) is 0 Å². The molecule has 0 unspecified atom stereocenters. The van der Waals surface area contributed by atoms with Crippen molar-refractivity contribution in [2.45, 2.75) is 26.2 Å². The van der Waals surface area contributed by atoms with Gasteiger partial charge in [-0.2, -0.15) is 0 Å². The Morgan fingerprint density at radius 1 is 0.871 bits per heavy atom. The normalized spacial score (nSPS) is 10.7. The van der Waals surface area contributed by atoms with Gasteiger partial charge in [0.15, 0.2) is 6.61 Å². The van der Waals surface area contributed by atoms with Crippen LogP contribution in [0.3, 0.4) is 0 Å². The Morgan fingerprint density at radius 2 is 1.58 bits per heavy atom. The highest BCUT2D eigenvalue weighted by Crippen LogP contribution is 2.23. The lowest BCUT2D eigenvalue weighted by atomic mass is 10.0. The van der Waals surface area contributed by atoms with E-state index in [9.17, 15) is 14.4 Å². The molecule has 0 aliphatic carbocycles. The molecule has 160 valence electrons. The number of carbonyl (C=O) groups excluding carboxylic acids is 3. The SMILES string of the molecule is CC(C)c1ccccc1NC(=O)COC(=O)CNC(=O)Cc1cccc2ccccc12. The molecule has 0 bridgehead atoms. The molecule has 2 amide bonds. The Morgan fingerprint density at radius 3 is 2.39 bits per heavy atom. The fraction of sp³-hybridized carbons (Fsp3) is 0.240. The molecule has 0 aliphatic heterocycles. The lowest BCUT2D eigenvalue weighted by Crippen LogP contribution is -2.33. The van der Waals surface area contributed by atoms with Crippen LogP contribution in [0.1, 0.15) is 30.9 Å². The highest BCUT2D eigenvalue weighted by molar-refractivity contribution is 5.94. The van der Waals surface area contributed by atoms with E-state index >= 15 is 0 Å². The van der Waals surface area contributed by atoms with E-state index < -0.39 is 18.5 Å². The van der Waals surface area contributed by atoms with Crippen molar-refractivity contribution in [3.8, 4) is 0 Å². The van der Waals surface area contributed by atoms with Gasteiger partial charge in [-0.3, -0.25) is 14.4 Å². The summed E-state index contributed by atoms with van der Waals surface area (Å²) in [5.41, 5.74) is 2.58. The molecule has 3 aromatic carbocycles. The summed E-state index contributed by atoms with van der Waals surface area (Å²) in [5, 5.41) is 7.36. The standard InChI is InChI=1S/C25H26N2O4/c1-17(2)20-11-5-6-13-22(20)27-24(29)16-31-25(30)15-26-23(28)14-19-10-7-9-18-8-3-4-12-21(18)19/h3-13,17H,14-16H2,1-2H3,(H,26,28)(H,27,29). The zero-order valence-electron chi connectivity index (χ0n) is 17.7. The van der Waals surface area contributed by atoms with Crippen molar-refractivity contribution in [2.75, 3.05) is 18.5 Å². The number of rotatable bonds is 8. The first-order valence-electron chi connectivity index (χ1n) is 10.2. The molecule has 0 aromatic heterocycles. The zero-order chi connectivity index (χ0) is 22.2. The van der Waals surface area contributed by atoms with Crippen LogP contribution in [-0.4, -0.2) is 30.9 Å². The summed E-state index contributed by atoms with van der Waals surface area (Å²) in [6.07, 6.45) is 0.154. The molecule has 0 radical (unpaired) electrons. The summed E-state index contributed by atoms with van der Waals surface area (Å²) in [6, 6.07) is 21.1. The molecule has 0 heterocycles. The topological polar surface area (TPSA) is 84.5 Å². The maximum absolute atomic E-state index is 12.2. The van der Waals surface area contributed by atoms with Gasteiger partial charge in [0.25, 0.3) is 5.91 Å². The molecule has 0 fully saturated rings. The summed E-state index contributed by atoms with van der Waals surface area (Å²) in [6.45, 7) is 3.36. The molecular weight excluding hydrogens is 392 g/mol. The van der Waals surface area contributed by atoms with Crippen LogP contribution in [0.2, 0.25) is 0 Å². The molecule has 6 heteroatoms. The first kappa shape index (κ1) is 22.0. The van der Waals surface area contributed by atoms with Gasteiger partial charge in [-0.15, -0.1) is 0 Å². The van der Waals surface area contributed by atoms with Crippen LogP contribution in [0.25, 0.3) is 10.8 Å². The molecule has 0 spiro atoms. The van der Waals surface area contributed by atoms with Crippen molar-refractivity contribution in [3.05, 3.63) is 77.9 Å². The number of hydrogen-bond acceptors (Lipinski definition) is 4. The first-order valence-corrected chi connectivity index (χ1v) is 10.2. The van der Waals surface area contributed by atoms with Crippen LogP contribution >= 0.6 is 0 Å². The lowest BCUT2D eigenvalue weighted by molar-refractivity contribution is -0.147. The zero-order valence-corrected chi connectivity index (χ0v) is 17.7. The minimum Gasteiger partial charge on any atom is -0.454 e. The number of hydrogen-bond donors (Lipinski definition) is 2. The lowest BCUT2D eigenvalue weighted by Gasteiger charge is -2.13. The number of fused-ring (bicyclic) bond motifs is 1. The summed E-state index contributed by atoms with van der Waals surface area (Å²) in [5.74, 6) is -1.14. The van der Waals surface area contributed by atoms with Crippen LogP contribution in [0.4, 0.5) is 5.69 Å². The van der Waals surface area contributed by atoms with Crippen molar-refractivity contribution in [3.63, 3.8) is 0 Å². The third-order valence-electron chi connectivity index (χ3n) is 4.88. The predicted molar refractivity (Wildman–Crippen MR) is 121 cm³/mol. The minimum absolute atomic E-state index is 0.154. The Kier molecular flexibility index (Phi) is 7.38. The highest BCUT2D eigenvalue weighted by Gasteiger charge is 2.13. The maximum atomic E-state index is 12.2. The van der Waals surface area contributed by atoms with E-state index in [1.165, 1.54) is 0 Å². The minimum atomic E-state index is -0.668. The second-order valence-corrected chi connectivity index (χ2v) is 7.54. The third-order valence-corrected chi connectivity index (χ3v) is 4.88. The summed E-state index contributed by atoms with van der Waals surface area (Å²) >= 11 is 0. The quantitative estimate of drug-likeness (QED) is 0.545. The number of carbonyl (C=O) groups is 3.